The number of aromatic amines is 1. The highest BCUT2D eigenvalue weighted by molar-refractivity contribution is 5.86. The van der Waals surface area contributed by atoms with Crippen molar-refractivity contribution in [2.24, 2.45) is 0 Å². The summed E-state index contributed by atoms with van der Waals surface area (Å²) in [6, 6.07) is -0.498. The monoisotopic (exact) mass is 254 g/mol. The van der Waals surface area contributed by atoms with E-state index in [9.17, 15) is 9.59 Å². The third-order valence-electron chi connectivity index (χ3n) is 2.98. The molecule has 0 aliphatic heterocycles. The third kappa shape index (κ3) is 3.22. The molecule has 0 spiro atoms. The van der Waals surface area contributed by atoms with Gasteiger partial charge < -0.3 is 15.7 Å². The summed E-state index contributed by atoms with van der Waals surface area (Å²) in [4.78, 5) is 22.9. The Labute approximate surface area is 105 Å². The first kappa shape index (κ1) is 14.0. The highest BCUT2D eigenvalue weighted by Gasteiger charge is 2.36. The van der Waals surface area contributed by atoms with E-state index in [4.69, 9.17) is 5.11 Å². The molecule has 0 bridgehead atoms. The van der Waals surface area contributed by atoms with Gasteiger partial charge in [-0.1, -0.05) is 13.8 Å². The Hall–Kier alpha value is -2.05. The first-order valence-electron chi connectivity index (χ1n) is 5.81. The lowest BCUT2D eigenvalue weighted by Gasteiger charge is -2.27. The molecule has 0 aliphatic carbocycles. The number of hydrogen-bond acceptors (Lipinski definition) is 3. The van der Waals surface area contributed by atoms with Crippen molar-refractivity contribution in [3.05, 3.63) is 18.0 Å². The van der Waals surface area contributed by atoms with Gasteiger partial charge in [-0.3, -0.25) is 5.10 Å². The summed E-state index contributed by atoms with van der Waals surface area (Å²) in [6.07, 6.45) is 3.91. The van der Waals surface area contributed by atoms with E-state index in [0.29, 0.717) is 19.4 Å². The second-order valence-electron chi connectivity index (χ2n) is 4.01. The second-order valence-corrected chi connectivity index (χ2v) is 4.01. The summed E-state index contributed by atoms with van der Waals surface area (Å²) in [5, 5.41) is 20.6. The summed E-state index contributed by atoms with van der Waals surface area (Å²) in [6.45, 7) is 3.76. The van der Waals surface area contributed by atoms with E-state index < -0.39 is 17.5 Å². The van der Waals surface area contributed by atoms with E-state index in [0.717, 1.165) is 5.56 Å². The summed E-state index contributed by atoms with van der Waals surface area (Å²) in [5.41, 5.74) is -0.389. The maximum atomic E-state index is 11.7. The number of H-pyrrole nitrogens is 1. The molecule has 0 unspecified atom stereocenters. The number of urea groups is 1. The largest absolute Gasteiger partial charge is 0.480 e. The van der Waals surface area contributed by atoms with Gasteiger partial charge in [0.1, 0.15) is 5.54 Å². The molecule has 0 saturated heterocycles. The van der Waals surface area contributed by atoms with Crippen LogP contribution in [0.4, 0.5) is 4.79 Å². The zero-order chi connectivity index (χ0) is 13.6. The molecule has 1 aromatic heterocycles. The molecule has 0 aromatic carbocycles. The van der Waals surface area contributed by atoms with Crippen molar-refractivity contribution in [2.75, 3.05) is 0 Å². The number of carboxylic acid groups (broad SMARTS) is 1. The number of nitrogens with zero attached hydrogens (tertiary/aromatic N) is 1. The average Bonchev–Trinajstić information content (AvgIpc) is 2.86. The Bertz CT molecular complexity index is 398. The highest BCUT2D eigenvalue weighted by Crippen LogP contribution is 2.15. The van der Waals surface area contributed by atoms with Crippen LogP contribution >= 0.6 is 0 Å². The fourth-order valence-corrected chi connectivity index (χ4v) is 1.60. The van der Waals surface area contributed by atoms with E-state index in [1.807, 2.05) is 0 Å². The first-order chi connectivity index (χ1) is 8.54. The van der Waals surface area contributed by atoms with Crippen molar-refractivity contribution in [3.63, 3.8) is 0 Å². The number of hydrogen-bond donors (Lipinski definition) is 4. The van der Waals surface area contributed by atoms with Gasteiger partial charge in [0, 0.05) is 18.3 Å². The Morgan fingerprint density at radius 1 is 1.44 bits per heavy atom. The highest BCUT2D eigenvalue weighted by atomic mass is 16.4. The van der Waals surface area contributed by atoms with Crippen LogP contribution in [-0.2, 0) is 11.3 Å². The van der Waals surface area contributed by atoms with E-state index in [1.165, 1.54) is 0 Å². The van der Waals surface area contributed by atoms with Crippen LogP contribution in [-0.4, -0.2) is 32.8 Å². The molecule has 100 valence electrons. The van der Waals surface area contributed by atoms with E-state index in [2.05, 4.69) is 20.8 Å². The van der Waals surface area contributed by atoms with Gasteiger partial charge in [-0.05, 0) is 12.8 Å². The number of carbonyl (C=O) groups is 2. The lowest BCUT2D eigenvalue weighted by Crippen LogP contribution is -2.56. The van der Waals surface area contributed by atoms with Gasteiger partial charge in [0.25, 0.3) is 0 Å². The zero-order valence-electron chi connectivity index (χ0n) is 10.5. The van der Waals surface area contributed by atoms with E-state index >= 15 is 0 Å². The molecule has 1 rings (SSSR count). The molecule has 0 saturated carbocycles. The lowest BCUT2D eigenvalue weighted by atomic mass is 9.93. The standard InChI is InChI=1S/C11H18N4O3/c1-3-11(4-2,9(16)17)15-10(18)12-5-8-6-13-14-7-8/h6-7H,3-5H2,1-2H3,(H,13,14)(H,16,17)(H2,12,15,18). The predicted octanol–water partition coefficient (Wildman–Crippen LogP) is 0.852. The molecule has 0 fully saturated rings. The number of amides is 2. The lowest BCUT2D eigenvalue weighted by molar-refractivity contribution is -0.144. The molecule has 4 N–H and O–H groups in total. The molecule has 0 atom stereocenters. The van der Waals surface area contributed by atoms with Crippen molar-refractivity contribution < 1.29 is 14.7 Å². The summed E-state index contributed by atoms with van der Waals surface area (Å²) in [7, 11) is 0. The van der Waals surface area contributed by atoms with Crippen LogP contribution < -0.4 is 10.6 Å². The summed E-state index contributed by atoms with van der Waals surface area (Å²) in [5.74, 6) is -1.02. The summed E-state index contributed by atoms with van der Waals surface area (Å²) >= 11 is 0. The van der Waals surface area contributed by atoms with Gasteiger partial charge in [0.15, 0.2) is 0 Å². The van der Waals surface area contributed by atoms with Gasteiger partial charge in [-0.2, -0.15) is 5.10 Å². The zero-order valence-corrected chi connectivity index (χ0v) is 10.5. The van der Waals surface area contributed by atoms with Crippen molar-refractivity contribution >= 4 is 12.0 Å². The fraction of sp³-hybridized carbons (Fsp3) is 0.545. The van der Waals surface area contributed by atoms with Gasteiger partial charge in [0.2, 0.25) is 0 Å². The van der Waals surface area contributed by atoms with Crippen molar-refractivity contribution in [2.45, 2.75) is 38.8 Å². The molecular weight excluding hydrogens is 236 g/mol. The molecule has 1 aromatic rings. The van der Waals surface area contributed by atoms with Crippen molar-refractivity contribution in [1.29, 1.82) is 0 Å². The van der Waals surface area contributed by atoms with Crippen LogP contribution in [0.2, 0.25) is 0 Å². The number of carboxylic acids is 1. The van der Waals surface area contributed by atoms with E-state index in [-0.39, 0.29) is 0 Å². The number of aromatic nitrogens is 2. The van der Waals surface area contributed by atoms with Gasteiger partial charge in [0.05, 0.1) is 6.20 Å². The molecule has 18 heavy (non-hydrogen) atoms. The normalized spacial score (nSPS) is 11.0. The second kappa shape index (κ2) is 6.04. The quantitative estimate of drug-likeness (QED) is 0.603. The number of nitrogens with one attached hydrogen (secondary N) is 3. The molecule has 2 amide bonds. The molecule has 1 heterocycles. The minimum atomic E-state index is -1.21. The van der Waals surface area contributed by atoms with Crippen LogP contribution in [0.25, 0.3) is 0 Å². The number of carbonyl (C=O) groups excluding carboxylic acids is 1. The molecule has 7 nitrogen and oxygen atoms in total. The smallest absolute Gasteiger partial charge is 0.329 e. The predicted molar refractivity (Wildman–Crippen MR) is 64.9 cm³/mol. The van der Waals surface area contributed by atoms with Crippen LogP contribution in [0, 0.1) is 0 Å². The maximum absolute atomic E-state index is 11.7. The number of aliphatic carboxylic acids is 1. The van der Waals surface area contributed by atoms with Gasteiger partial charge >= 0.3 is 12.0 Å². The Morgan fingerprint density at radius 3 is 2.56 bits per heavy atom. The summed E-state index contributed by atoms with van der Waals surface area (Å²) < 4.78 is 0. The van der Waals surface area contributed by atoms with Gasteiger partial charge in [-0.25, -0.2) is 9.59 Å². The van der Waals surface area contributed by atoms with Crippen LogP contribution in [0.3, 0.4) is 0 Å². The van der Waals surface area contributed by atoms with Crippen molar-refractivity contribution in [3.8, 4) is 0 Å². The Morgan fingerprint density at radius 2 is 2.11 bits per heavy atom. The fourth-order valence-electron chi connectivity index (χ4n) is 1.60. The number of rotatable bonds is 6. The maximum Gasteiger partial charge on any atom is 0.329 e. The van der Waals surface area contributed by atoms with E-state index in [1.54, 1.807) is 26.2 Å². The topological polar surface area (TPSA) is 107 Å². The van der Waals surface area contributed by atoms with Crippen molar-refractivity contribution in [1.82, 2.24) is 20.8 Å². The molecule has 0 aliphatic rings. The average molecular weight is 254 g/mol. The third-order valence-corrected chi connectivity index (χ3v) is 2.98. The van der Waals surface area contributed by atoms with Crippen LogP contribution in [0.15, 0.2) is 12.4 Å². The van der Waals surface area contributed by atoms with Gasteiger partial charge in [-0.15, -0.1) is 0 Å². The molecular formula is C11H18N4O3. The Kier molecular flexibility index (Phi) is 4.70. The van der Waals surface area contributed by atoms with Crippen LogP contribution in [0.5, 0.6) is 0 Å². The SMILES string of the molecule is CCC(CC)(NC(=O)NCc1cn[nH]c1)C(=O)O. The minimum Gasteiger partial charge on any atom is -0.480 e. The molecule has 0 radical (unpaired) electrons. The Balaban J connectivity index is 2.54. The first-order valence-corrected chi connectivity index (χ1v) is 5.81. The minimum absolute atomic E-state index is 0.297. The molecule has 7 heteroatoms. The van der Waals surface area contributed by atoms with Crippen LogP contribution in [0.1, 0.15) is 32.3 Å².